The molecule has 0 radical (unpaired) electrons. The van der Waals surface area contributed by atoms with Crippen molar-refractivity contribution in [2.45, 2.75) is 0 Å². The first kappa shape index (κ1) is 11.9. The summed E-state index contributed by atoms with van der Waals surface area (Å²) in [5.41, 5.74) is 0.412. The summed E-state index contributed by atoms with van der Waals surface area (Å²) in [5.74, 6) is 0.277. The molecule has 5 heteroatoms. The maximum absolute atomic E-state index is 11.4. The third-order valence-corrected chi connectivity index (χ3v) is 1.81. The highest BCUT2D eigenvalue weighted by molar-refractivity contribution is 6.17. The molecule has 1 amide bonds. The van der Waals surface area contributed by atoms with Gasteiger partial charge in [-0.3, -0.25) is 9.78 Å². The fourth-order valence-corrected chi connectivity index (χ4v) is 1.09. The van der Waals surface area contributed by atoms with Gasteiger partial charge in [0.15, 0.2) is 0 Å². The van der Waals surface area contributed by atoms with Crippen LogP contribution < -0.4 is 5.32 Å². The summed E-state index contributed by atoms with van der Waals surface area (Å²) in [6.07, 6.45) is 1.58. The Bertz CT molecular complexity index is 293. The minimum Gasteiger partial charge on any atom is -0.378 e. The summed E-state index contributed by atoms with van der Waals surface area (Å²) in [6, 6.07) is 5.20. The van der Waals surface area contributed by atoms with Crippen LogP contribution in [-0.4, -0.2) is 36.5 Å². The molecule has 1 aromatic rings. The Morgan fingerprint density at radius 2 is 2.33 bits per heavy atom. The monoisotopic (exact) mass is 228 g/mol. The van der Waals surface area contributed by atoms with E-state index in [0.717, 1.165) is 0 Å². The molecular formula is C10H13ClN2O2. The second kappa shape index (κ2) is 7.20. The molecule has 1 rings (SSSR count). The van der Waals surface area contributed by atoms with Crippen molar-refractivity contribution in [3.63, 3.8) is 0 Å². The Balaban J connectivity index is 2.20. The minimum atomic E-state index is -0.190. The molecule has 0 atom stereocenters. The van der Waals surface area contributed by atoms with E-state index in [1.165, 1.54) is 0 Å². The average molecular weight is 229 g/mol. The lowest BCUT2D eigenvalue weighted by molar-refractivity contribution is 0.0918. The molecule has 15 heavy (non-hydrogen) atoms. The first-order valence-corrected chi connectivity index (χ1v) is 5.21. The van der Waals surface area contributed by atoms with E-state index < -0.39 is 0 Å². The van der Waals surface area contributed by atoms with Crippen molar-refractivity contribution in [2.75, 3.05) is 25.6 Å². The van der Waals surface area contributed by atoms with Gasteiger partial charge in [-0.2, -0.15) is 0 Å². The highest BCUT2D eigenvalue weighted by atomic mass is 35.5. The zero-order chi connectivity index (χ0) is 10.9. The molecule has 1 heterocycles. The largest absolute Gasteiger partial charge is 0.378 e. The number of carbonyl (C=O) groups excluding carboxylic acids is 1. The van der Waals surface area contributed by atoms with Crippen molar-refractivity contribution >= 4 is 17.5 Å². The minimum absolute atomic E-state index is 0.190. The molecule has 0 fully saturated rings. The van der Waals surface area contributed by atoms with Crippen LogP contribution in [0.15, 0.2) is 24.4 Å². The Morgan fingerprint density at radius 1 is 1.47 bits per heavy atom. The first-order chi connectivity index (χ1) is 7.34. The third-order valence-electron chi connectivity index (χ3n) is 1.65. The molecular weight excluding hydrogens is 216 g/mol. The van der Waals surface area contributed by atoms with Gasteiger partial charge in [0.25, 0.3) is 5.91 Å². The van der Waals surface area contributed by atoms with E-state index in [1.807, 2.05) is 0 Å². The molecule has 0 aliphatic rings. The lowest BCUT2D eigenvalue weighted by Crippen LogP contribution is -2.28. The number of nitrogens with one attached hydrogen (secondary N) is 1. The number of alkyl halides is 1. The third kappa shape index (κ3) is 4.76. The van der Waals surface area contributed by atoms with E-state index in [4.69, 9.17) is 16.3 Å². The van der Waals surface area contributed by atoms with Crippen LogP contribution >= 0.6 is 11.6 Å². The standard InChI is InChI=1S/C10H13ClN2O2/c11-4-7-15-8-6-13-10(14)9-3-1-2-5-12-9/h1-3,5H,4,6-8H2,(H,13,14). The fraction of sp³-hybridized carbons (Fsp3) is 0.400. The molecule has 1 N–H and O–H groups in total. The Labute approximate surface area is 93.6 Å². The van der Waals surface area contributed by atoms with Crippen LogP contribution in [0.5, 0.6) is 0 Å². The maximum atomic E-state index is 11.4. The van der Waals surface area contributed by atoms with E-state index in [0.29, 0.717) is 31.3 Å². The summed E-state index contributed by atoms with van der Waals surface area (Å²) in [4.78, 5) is 15.3. The number of hydrogen-bond acceptors (Lipinski definition) is 3. The highest BCUT2D eigenvalue weighted by Gasteiger charge is 2.03. The van der Waals surface area contributed by atoms with Gasteiger partial charge in [0.1, 0.15) is 5.69 Å². The van der Waals surface area contributed by atoms with Gasteiger partial charge in [-0.1, -0.05) is 6.07 Å². The quantitative estimate of drug-likeness (QED) is 0.585. The van der Waals surface area contributed by atoms with Crippen molar-refractivity contribution in [3.05, 3.63) is 30.1 Å². The van der Waals surface area contributed by atoms with Crippen LogP contribution in [0.25, 0.3) is 0 Å². The smallest absolute Gasteiger partial charge is 0.269 e. The number of rotatable bonds is 6. The molecule has 0 spiro atoms. The lowest BCUT2D eigenvalue weighted by atomic mass is 10.3. The maximum Gasteiger partial charge on any atom is 0.269 e. The van der Waals surface area contributed by atoms with E-state index in [1.54, 1.807) is 24.4 Å². The summed E-state index contributed by atoms with van der Waals surface area (Å²) >= 11 is 5.42. The molecule has 0 unspecified atom stereocenters. The summed E-state index contributed by atoms with van der Waals surface area (Å²) < 4.78 is 5.10. The molecule has 0 bridgehead atoms. The molecule has 0 saturated carbocycles. The predicted octanol–water partition coefficient (Wildman–Crippen LogP) is 1.07. The number of carbonyl (C=O) groups is 1. The molecule has 82 valence electrons. The number of halogens is 1. The van der Waals surface area contributed by atoms with Gasteiger partial charge in [0, 0.05) is 18.6 Å². The number of aromatic nitrogens is 1. The normalized spacial score (nSPS) is 9.93. The van der Waals surface area contributed by atoms with E-state index in [2.05, 4.69) is 10.3 Å². The molecule has 0 aliphatic carbocycles. The van der Waals surface area contributed by atoms with E-state index >= 15 is 0 Å². The summed E-state index contributed by atoms with van der Waals surface area (Å²) in [7, 11) is 0. The number of nitrogens with zero attached hydrogens (tertiary/aromatic N) is 1. The van der Waals surface area contributed by atoms with Gasteiger partial charge < -0.3 is 10.1 Å². The highest BCUT2D eigenvalue weighted by Crippen LogP contribution is 1.92. The zero-order valence-electron chi connectivity index (χ0n) is 8.28. The van der Waals surface area contributed by atoms with Gasteiger partial charge in [-0.05, 0) is 12.1 Å². The molecule has 0 saturated heterocycles. The number of ether oxygens (including phenoxy) is 1. The van der Waals surface area contributed by atoms with Crippen molar-refractivity contribution in [2.24, 2.45) is 0 Å². The molecule has 0 aliphatic heterocycles. The molecule has 4 nitrogen and oxygen atoms in total. The Kier molecular flexibility index (Phi) is 5.73. The van der Waals surface area contributed by atoms with Crippen LogP contribution in [0.1, 0.15) is 10.5 Å². The summed E-state index contributed by atoms with van der Waals surface area (Å²) in [6.45, 7) is 1.43. The Morgan fingerprint density at radius 3 is 3.00 bits per heavy atom. The number of amides is 1. The van der Waals surface area contributed by atoms with Crippen molar-refractivity contribution in [3.8, 4) is 0 Å². The van der Waals surface area contributed by atoms with Crippen molar-refractivity contribution in [1.29, 1.82) is 0 Å². The van der Waals surface area contributed by atoms with Crippen molar-refractivity contribution in [1.82, 2.24) is 10.3 Å². The topological polar surface area (TPSA) is 51.2 Å². The average Bonchev–Trinajstić information content (AvgIpc) is 2.30. The predicted molar refractivity (Wildman–Crippen MR) is 58.1 cm³/mol. The van der Waals surface area contributed by atoms with Gasteiger partial charge >= 0.3 is 0 Å². The number of pyridine rings is 1. The number of hydrogen-bond donors (Lipinski definition) is 1. The summed E-state index contributed by atoms with van der Waals surface area (Å²) in [5, 5.41) is 2.69. The fourth-order valence-electron chi connectivity index (χ4n) is 0.981. The van der Waals surface area contributed by atoms with Gasteiger partial charge in [0.05, 0.1) is 13.2 Å². The van der Waals surface area contributed by atoms with Crippen LogP contribution in [0.2, 0.25) is 0 Å². The van der Waals surface area contributed by atoms with Gasteiger partial charge in [-0.15, -0.1) is 11.6 Å². The molecule has 1 aromatic heterocycles. The van der Waals surface area contributed by atoms with E-state index in [9.17, 15) is 4.79 Å². The Hall–Kier alpha value is -1.13. The van der Waals surface area contributed by atoms with Crippen LogP contribution in [-0.2, 0) is 4.74 Å². The second-order valence-electron chi connectivity index (χ2n) is 2.77. The van der Waals surface area contributed by atoms with Gasteiger partial charge in [-0.25, -0.2) is 0 Å². The lowest BCUT2D eigenvalue weighted by Gasteiger charge is -2.04. The first-order valence-electron chi connectivity index (χ1n) is 4.67. The van der Waals surface area contributed by atoms with E-state index in [-0.39, 0.29) is 5.91 Å². The molecule has 0 aromatic carbocycles. The van der Waals surface area contributed by atoms with Crippen LogP contribution in [0.3, 0.4) is 0 Å². The van der Waals surface area contributed by atoms with Crippen LogP contribution in [0, 0.1) is 0 Å². The zero-order valence-corrected chi connectivity index (χ0v) is 9.04. The van der Waals surface area contributed by atoms with Gasteiger partial charge in [0.2, 0.25) is 0 Å². The van der Waals surface area contributed by atoms with Crippen molar-refractivity contribution < 1.29 is 9.53 Å². The SMILES string of the molecule is O=C(NCCOCCCl)c1ccccn1. The van der Waals surface area contributed by atoms with Crippen LogP contribution in [0.4, 0.5) is 0 Å². The second-order valence-corrected chi connectivity index (χ2v) is 3.15.